The van der Waals surface area contributed by atoms with Crippen molar-refractivity contribution in [2.45, 2.75) is 13.8 Å². The molecule has 5 nitrogen and oxygen atoms in total. The number of hydrogen-bond donors (Lipinski definition) is 2. The minimum atomic E-state index is -0.186. The molecule has 0 radical (unpaired) electrons. The molecule has 0 saturated carbocycles. The minimum absolute atomic E-state index is 0.0134. The van der Waals surface area contributed by atoms with Gasteiger partial charge in [-0.2, -0.15) is 0 Å². The standard InChI is InChI=1S/C13H22N4O/c1-13(2,9-17(3)4)8-16-12(18)11-7-10(14)5-6-15-11/h5-7H,8-9H2,1-4H3,(H2,14,15)(H,16,18). The van der Waals surface area contributed by atoms with Crippen molar-refractivity contribution < 1.29 is 4.79 Å². The summed E-state index contributed by atoms with van der Waals surface area (Å²) in [7, 11) is 4.03. The van der Waals surface area contributed by atoms with Gasteiger partial charge < -0.3 is 16.0 Å². The lowest BCUT2D eigenvalue weighted by Crippen LogP contribution is -2.40. The quantitative estimate of drug-likeness (QED) is 0.817. The van der Waals surface area contributed by atoms with Crippen molar-refractivity contribution in [3.05, 3.63) is 24.0 Å². The van der Waals surface area contributed by atoms with E-state index in [9.17, 15) is 4.79 Å². The summed E-state index contributed by atoms with van der Waals surface area (Å²) < 4.78 is 0. The summed E-state index contributed by atoms with van der Waals surface area (Å²) in [4.78, 5) is 18.0. The van der Waals surface area contributed by atoms with Crippen LogP contribution in [0.5, 0.6) is 0 Å². The largest absolute Gasteiger partial charge is 0.399 e. The molecular formula is C13H22N4O. The molecule has 100 valence electrons. The molecule has 0 spiro atoms. The number of pyridine rings is 1. The minimum Gasteiger partial charge on any atom is -0.399 e. The highest BCUT2D eigenvalue weighted by atomic mass is 16.1. The topological polar surface area (TPSA) is 71.2 Å². The second-order valence-corrected chi connectivity index (χ2v) is 5.56. The molecule has 0 aromatic carbocycles. The van der Waals surface area contributed by atoms with Crippen molar-refractivity contribution >= 4 is 11.6 Å². The van der Waals surface area contributed by atoms with E-state index >= 15 is 0 Å². The second kappa shape index (κ2) is 5.82. The third kappa shape index (κ3) is 4.71. The first-order valence-electron chi connectivity index (χ1n) is 5.95. The Labute approximate surface area is 108 Å². The zero-order chi connectivity index (χ0) is 13.8. The average molecular weight is 250 g/mol. The third-order valence-electron chi connectivity index (χ3n) is 2.49. The highest BCUT2D eigenvalue weighted by Crippen LogP contribution is 2.14. The Bertz CT molecular complexity index is 415. The Morgan fingerprint density at radius 2 is 2.17 bits per heavy atom. The van der Waals surface area contributed by atoms with E-state index in [4.69, 9.17) is 5.73 Å². The lowest BCUT2D eigenvalue weighted by molar-refractivity contribution is 0.0924. The molecule has 0 aliphatic carbocycles. The van der Waals surface area contributed by atoms with Gasteiger partial charge in [-0.25, -0.2) is 0 Å². The Hall–Kier alpha value is -1.62. The maximum Gasteiger partial charge on any atom is 0.269 e. The van der Waals surface area contributed by atoms with E-state index < -0.39 is 0 Å². The van der Waals surface area contributed by atoms with Gasteiger partial charge in [0.15, 0.2) is 0 Å². The van der Waals surface area contributed by atoms with Crippen molar-refractivity contribution in [3.63, 3.8) is 0 Å². The van der Waals surface area contributed by atoms with Gasteiger partial charge in [-0.3, -0.25) is 9.78 Å². The Morgan fingerprint density at radius 3 is 2.72 bits per heavy atom. The zero-order valence-corrected chi connectivity index (χ0v) is 11.5. The normalized spacial score (nSPS) is 11.6. The summed E-state index contributed by atoms with van der Waals surface area (Å²) >= 11 is 0. The first-order chi connectivity index (χ1) is 8.30. The van der Waals surface area contributed by atoms with Gasteiger partial charge in [0.25, 0.3) is 5.91 Å². The summed E-state index contributed by atoms with van der Waals surface area (Å²) in [5.74, 6) is -0.186. The summed E-state index contributed by atoms with van der Waals surface area (Å²) in [5.41, 5.74) is 6.53. The number of carbonyl (C=O) groups is 1. The van der Waals surface area contributed by atoms with Gasteiger partial charge >= 0.3 is 0 Å². The van der Waals surface area contributed by atoms with Crippen LogP contribution in [0.1, 0.15) is 24.3 Å². The van der Waals surface area contributed by atoms with Crippen molar-refractivity contribution in [2.75, 3.05) is 32.9 Å². The molecule has 0 saturated heterocycles. The molecule has 0 fully saturated rings. The fourth-order valence-electron chi connectivity index (χ4n) is 1.89. The van der Waals surface area contributed by atoms with E-state index in [0.717, 1.165) is 6.54 Å². The zero-order valence-electron chi connectivity index (χ0n) is 11.5. The van der Waals surface area contributed by atoms with Crippen molar-refractivity contribution in [1.82, 2.24) is 15.2 Å². The fraction of sp³-hybridized carbons (Fsp3) is 0.538. The number of amides is 1. The molecule has 0 aliphatic rings. The first kappa shape index (κ1) is 14.4. The van der Waals surface area contributed by atoms with Crippen LogP contribution in [-0.2, 0) is 0 Å². The number of aromatic nitrogens is 1. The second-order valence-electron chi connectivity index (χ2n) is 5.56. The Morgan fingerprint density at radius 1 is 1.50 bits per heavy atom. The van der Waals surface area contributed by atoms with Crippen LogP contribution in [0, 0.1) is 5.41 Å². The van der Waals surface area contributed by atoms with Gasteiger partial charge in [0.05, 0.1) is 0 Å². The van der Waals surface area contributed by atoms with Crippen LogP contribution in [0.15, 0.2) is 18.3 Å². The molecule has 0 atom stereocenters. The van der Waals surface area contributed by atoms with Crippen molar-refractivity contribution in [2.24, 2.45) is 5.41 Å². The van der Waals surface area contributed by atoms with E-state index in [0.29, 0.717) is 17.9 Å². The van der Waals surface area contributed by atoms with E-state index in [1.165, 1.54) is 6.20 Å². The monoisotopic (exact) mass is 250 g/mol. The van der Waals surface area contributed by atoms with E-state index in [1.807, 2.05) is 14.1 Å². The lowest BCUT2D eigenvalue weighted by atomic mass is 9.93. The Balaban J connectivity index is 2.56. The van der Waals surface area contributed by atoms with Gasteiger partial charge in [-0.05, 0) is 31.6 Å². The molecule has 1 aromatic rings. The van der Waals surface area contributed by atoms with Gasteiger partial charge in [-0.15, -0.1) is 0 Å². The average Bonchev–Trinajstić information content (AvgIpc) is 2.24. The Kier molecular flexibility index (Phi) is 4.67. The number of hydrogen-bond acceptors (Lipinski definition) is 4. The molecule has 0 aliphatic heterocycles. The molecule has 1 rings (SSSR count). The molecule has 5 heteroatoms. The number of nitrogens with zero attached hydrogens (tertiary/aromatic N) is 2. The predicted octanol–water partition coefficient (Wildman–Crippen LogP) is 0.981. The SMILES string of the molecule is CN(C)CC(C)(C)CNC(=O)c1cc(N)ccn1. The van der Waals surface area contributed by atoms with Crippen LogP contribution in [-0.4, -0.2) is 43.0 Å². The lowest BCUT2D eigenvalue weighted by Gasteiger charge is -2.28. The summed E-state index contributed by atoms with van der Waals surface area (Å²) in [6.45, 7) is 5.72. The molecule has 18 heavy (non-hydrogen) atoms. The van der Waals surface area contributed by atoms with E-state index in [1.54, 1.807) is 12.1 Å². The van der Waals surface area contributed by atoms with Crippen LogP contribution >= 0.6 is 0 Å². The number of anilines is 1. The maximum absolute atomic E-state index is 11.9. The highest BCUT2D eigenvalue weighted by Gasteiger charge is 2.20. The molecule has 0 unspecified atom stereocenters. The van der Waals surface area contributed by atoms with Crippen molar-refractivity contribution in [3.8, 4) is 0 Å². The molecule has 0 bridgehead atoms. The number of nitrogens with one attached hydrogen (secondary N) is 1. The predicted molar refractivity (Wildman–Crippen MR) is 73.3 cm³/mol. The van der Waals surface area contributed by atoms with Crippen LogP contribution in [0.3, 0.4) is 0 Å². The van der Waals surface area contributed by atoms with Gasteiger partial charge in [0.1, 0.15) is 5.69 Å². The summed E-state index contributed by atoms with van der Waals surface area (Å²) in [5, 5.41) is 2.89. The molecule has 1 amide bonds. The van der Waals surface area contributed by atoms with Gasteiger partial charge in [-0.1, -0.05) is 13.8 Å². The fourth-order valence-corrected chi connectivity index (χ4v) is 1.89. The third-order valence-corrected chi connectivity index (χ3v) is 2.49. The number of nitrogens with two attached hydrogens (primary N) is 1. The number of nitrogen functional groups attached to an aromatic ring is 1. The summed E-state index contributed by atoms with van der Waals surface area (Å²) in [6.07, 6.45) is 1.54. The molecule has 1 heterocycles. The highest BCUT2D eigenvalue weighted by molar-refractivity contribution is 5.92. The van der Waals surface area contributed by atoms with Crippen LogP contribution in [0.4, 0.5) is 5.69 Å². The van der Waals surface area contributed by atoms with Gasteiger partial charge in [0, 0.05) is 25.0 Å². The van der Waals surface area contributed by atoms with Gasteiger partial charge in [0.2, 0.25) is 0 Å². The van der Waals surface area contributed by atoms with Crippen LogP contribution in [0.25, 0.3) is 0 Å². The van der Waals surface area contributed by atoms with Crippen LogP contribution in [0.2, 0.25) is 0 Å². The first-order valence-corrected chi connectivity index (χ1v) is 5.95. The van der Waals surface area contributed by atoms with Crippen molar-refractivity contribution in [1.29, 1.82) is 0 Å². The van der Waals surface area contributed by atoms with E-state index in [2.05, 4.69) is 29.0 Å². The molecular weight excluding hydrogens is 228 g/mol. The van der Waals surface area contributed by atoms with Crippen LogP contribution < -0.4 is 11.1 Å². The number of carbonyl (C=O) groups excluding carboxylic acids is 1. The number of rotatable bonds is 5. The molecule has 3 N–H and O–H groups in total. The summed E-state index contributed by atoms with van der Waals surface area (Å²) in [6, 6.07) is 3.24. The smallest absolute Gasteiger partial charge is 0.269 e. The maximum atomic E-state index is 11.9. The molecule has 1 aromatic heterocycles. The van der Waals surface area contributed by atoms with E-state index in [-0.39, 0.29) is 11.3 Å².